The van der Waals surface area contributed by atoms with Crippen LogP contribution in [-0.2, 0) is 4.74 Å². The van der Waals surface area contributed by atoms with Gasteiger partial charge >= 0.3 is 0 Å². The summed E-state index contributed by atoms with van der Waals surface area (Å²) in [4.78, 5) is 2.63. The number of fused-ring (bicyclic) bond motifs is 4. The fraction of sp³-hybridized carbons (Fsp3) is 1.00. The topological polar surface area (TPSA) is 12.5 Å². The van der Waals surface area contributed by atoms with E-state index in [2.05, 4.69) is 11.8 Å². The van der Waals surface area contributed by atoms with Crippen LogP contribution in [0, 0.1) is 0 Å². The van der Waals surface area contributed by atoms with Gasteiger partial charge in [-0.1, -0.05) is 6.92 Å². The second kappa shape index (κ2) is 3.75. The Labute approximate surface area is 74.9 Å². The molecule has 0 radical (unpaired) electrons. The van der Waals surface area contributed by atoms with Crippen molar-refractivity contribution in [2.24, 2.45) is 0 Å². The Morgan fingerprint density at radius 3 is 3.17 bits per heavy atom. The minimum atomic E-state index is 0.551. The molecule has 2 bridgehead atoms. The number of hydrogen-bond acceptors (Lipinski definition) is 2. The van der Waals surface area contributed by atoms with Gasteiger partial charge in [-0.15, -0.1) is 0 Å². The van der Waals surface area contributed by atoms with E-state index in [4.69, 9.17) is 4.74 Å². The van der Waals surface area contributed by atoms with Crippen molar-refractivity contribution in [3.05, 3.63) is 0 Å². The van der Waals surface area contributed by atoms with E-state index in [1.165, 1.54) is 38.8 Å². The lowest BCUT2D eigenvalue weighted by Crippen LogP contribution is -2.47. The van der Waals surface area contributed by atoms with Crippen LogP contribution in [0.1, 0.15) is 32.6 Å². The zero-order valence-corrected chi connectivity index (χ0v) is 7.96. The Hall–Kier alpha value is -0.0800. The maximum Gasteiger partial charge on any atom is 0.0702 e. The van der Waals surface area contributed by atoms with Crippen LogP contribution in [0.4, 0.5) is 0 Å². The summed E-state index contributed by atoms with van der Waals surface area (Å²) in [7, 11) is 0. The molecule has 70 valence electrons. The fourth-order valence-electron chi connectivity index (χ4n) is 2.40. The van der Waals surface area contributed by atoms with E-state index in [0.717, 1.165) is 12.6 Å². The zero-order valence-electron chi connectivity index (χ0n) is 7.96. The van der Waals surface area contributed by atoms with Gasteiger partial charge in [0.2, 0.25) is 0 Å². The Balaban J connectivity index is 1.97. The molecule has 12 heavy (non-hydrogen) atoms. The molecule has 3 fully saturated rings. The first-order valence-corrected chi connectivity index (χ1v) is 5.26. The van der Waals surface area contributed by atoms with Crippen molar-refractivity contribution >= 4 is 0 Å². The highest BCUT2D eigenvalue weighted by Gasteiger charge is 2.30. The van der Waals surface area contributed by atoms with Crippen molar-refractivity contribution in [1.82, 2.24) is 4.90 Å². The molecule has 0 aromatic heterocycles. The SMILES string of the molecule is CCCN1CC2CCCC1CO2. The molecular formula is C10H19NO. The second-order valence-electron chi connectivity index (χ2n) is 4.04. The van der Waals surface area contributed by atoms with E-state index in [1.807, 2.05) is 0 Å². The number of nitrogens with zero attached hydrogens (tertiary/aromatic N) is 1. The van der Waals surface area contributed by atoms with E-state index in [1.54, 1.807) is 0 Å². The molecule has 3 saturated heterocycles. The van der Waals surface area contributed by atoms with Crippen LogP contribution < -0.4 is 0 Å². The molecule has 2 heteroatoms. The first-order chi connectivity index (χ1) is 5.90. The van der Waals surface area contributed by atoms with E-state index in [0.29, 0.717) is 6.10 Å². The van der Waals surface area contributed by atoms with Crippen molar-refractivity contribution in [1.29, 1.82) is 0 Å². The number of ether oxygens (including phenoxy) is 1. The van der Waals surface area contributed by atoms with Crippen molar-refractivity contribution in [2.75, 3.05) is 19.7 Å². The van der Waals surface area contributed by atoms with Crippen LogP contribution in [-0.4, -0.2) is 36.7 Å². The molecule has 0 aromatic rings. The standard InChI is InChI=1S/C10H19NO/c1-2-6-11-7-10-5-3-4-9(11)8-12-10/h9-10H,2-8H2,1H3. The van der Waals surface area contributed by atoms with Crippen molar-refractivity contribution in [2.45, 2.75) is 44.8 Å². The lowest BCUT2D eigenvalue weighted by Gasteiger charge is -2.36. The summed E-state index contributed by atoms with van der Waals surface area (Å²) in [5, 5.41) is 0. The normalized spacial score (nSPS) is 36.8. The van der Waals surface area contributed by atoms with Gasteiger partial charge in [-0.2, -0.15) is 0 Å². The molecule has 0 spiro atoms. The monoisotopic (exact) mass is 169 g/mol. The van der Waals surface area contributed by atoms with Crippen LogP contribution in [0.3, 0.4) is 0 Å². The molecule has 0 amide bonds. The first kappa shape index (κ1) is 8.52. The van der Waals surface area contributed by atoms with Crippen LogP contribution in [0.2, 0.25) is 0 Å². The van der Waals surface area contributed by atoms with Gasteiger partial charge < -0.3 is 4.74 Å². The summed E-state index contributed by atoms with van der Waals surface area (Å²) in [5.74, 6) is 0. The van der Waals surface area contributed by atoms with E-state index >= 15 is 0 Å². The van der Waals surface area contributed by atoms with Crippen molar-refractivity contribution in [3.63, 3.8) is 0 Å². The molecule has 3 rings (SSSR count). The average molecular weight is 169 g/mol. The van der Waals surface area contributed by atoms with Crippen LogP contribution in [0.5, 0.6) is 0 Å². The smallest absolute Gasteiger partial charge is 0.0702 e. The number of hydrogen-bond donors (Lipinski definition) is 0. The van der Waals surface area contributed by atoms with Gasteiger partial charge in [0, 0.05) is 12.6 Å². The van der Waals surface area contributed by atoms with Crippen LogP contribution in [0.25, 0.3) is 0 Å². The maximum absolute atomic E-state index is 5.74. The van der Waals surface area contributed by atoms with Gasteiger partial charge in [0.25, 0.3) is 0 Å². The van der Waals surface area contributed by atoms with E-state index in [9.17, 15) is 0 Å². The highest BCUT2D eigenvalue weighted by Crippen LogP contribution is 2.24. The molecule has 2 atom stereocenters. The van der Waals surface area contributed by atoms with Gasteiger partial charge in [-0.3, -0.25) is 4.90 Å². The van der Waals surface area contributed by atoms with Gasteiger partial charge in [0.15, 0.2) is 0 Å². The van der Waals surface area contributed by atoms with Gasteiger partial charge in [-0.05, 0) is 32.2 Å². The van der Waals surface area contributed by atoms with Crippen LogP contribution >= 0.6 is 0 Å². The largest absolute Gasteiger partial charge is 0.375 e. The number of rotatable bonds is 2. The van der Waals surface area contributed by atoms with Gasteiger partial charge in [0.1, 0.15) is 0 Å². The average Bonchev–Trinajstić information content (AvgIpc) is 2.39. The van der Waals surface area contributed by atoms with Crippen molar-refractivity contribution in [3.8, 4) is 0 Å². The molecule has 2 nitrogen and oxygen atoms in total. The summed E-state index contributed by atoms with van der Waals surface area (Å²) in [6.45, 7) is 5.72. The lowest BCUT2D eigenvalue weighted by molar-refractivity contribution is -0.0495. The van der Waals surface area contributed by atoms with E-state index < -0.39 is 0 Å². The summed E-state index contributed by atoms with van der Waals surface area (Å²) in [6, 6.07) is 0.740. The number of morpholine rings is 1. The fourth-order valence-corrected chi connectivity index (χ4v) is 2.40. The Morgan fingerprint density at radius 2 is 2.33 bits per heavy atom. The Kier molecular flexibility index (Phi) is 2.66. The molecule has 3 aliphatic heterocycles. The molecule has 0 aliphatic carbocycles. The third kappa shape index (κ3) is 1.64. The molecule has 0 saturated carbocycles. The van der Waals surface area contributed by atoms with Gasteiger partial charge in [-0.25, -0.2) is 0 Å². The van der Waals surface area contributed by atoms with Crippen LogP contribution in [0.15, 0.2) is 0 Å². The summed E-state index contributed by atoms with van der Waals surface area (Å²) in [6.07, 6.45) is 5.85. The molecule has 0 aromatic carbocycles. The minimum absolute atomic E-state index is 0.551. The maximum atomic E-state index is 5.74. The molecular weight excluding hydrogens is 150 g/mol. The third-order valence-electron chi connectivity index (χ3n) is 3.05. The lowest BCUT2D eigenvalue weighted by atomic mass is 10.1. The Bertz CT molecular complexity index is 145. The summed E-state index contributed by atoms with van der Waals surface area (Å²) < 4.78 is 5.74. The quantitative estimate of drug-likeness (QED) is 0.623. The molecule has 3 aliphatic rings. The highest BCUT2D eigenvalue weighted by molar-refractivity contribution is 4.84. The third-order valence-corrected chi connectivity index (χ3v) is 3.05. The molecule has 3 heterocycles. The zero-order chi connectivity index (χ0) is 8.39. The second-order valence-corrected chi connectivity index (χ2v) is 4.04. The molecule has 2 unspecified atom stereocenters. The Morgan fingerprint density at radius 1 is 1.42 bits per heavy atom. The minimum Gasteiger partial charge on any atom is -0.375 e. The highest BCUT2D eigenvalue weighted by atomic mass is 16.5. The first-order valence-electron chi connectivity index (χ1n) is 5.26. The van der Waals surface area contributed by atoms with Crippen molar-refractivity contribution < 1.29 is 4.74 Å². The predicted octanol–water partition coefficient (Wildman–Crippen LogP) is 1.65. The summed E-state index contributed by atoms with van der Waals surface area (Å²) >= 11 is 0. The predicted molar refractivity (Wildman–Crippen MR) is 49.2 cm³/mol. The van der Waals surface area contributed by atoms with E-state index in [-0.39, 0.29) is 0 Å². The summed E-state index contributed by atoms with van der Waals surface area (Å²) in [5.41, 5.74) is 0. The van der Waals surface area contributed by atoms with Gasteiger partial charge in [0.05, 0.1) is 12.7 Å². The molecule has 0 N–H and O–H groups in total.